The molecule has 2 unspecified atom stereocenters. The van der Waals surface area contributed by atoms with Gasteiger partial charge in [-0.1, -0.05) is 71.9 Å². The molecule has 2 atom stereocenters. The van der Waals surface area contributed by atoms with Crippen molar-refractivity contribution in [3.8, 4) is 0 Å². The van der Waals surface area contributed by atoms with Crippen LogP contribution < -0.4 is 11.1 Å². The molecule has 0 fully saturated rings. The van der Waals surface area contributed by atoms with E-state index in [1.165, 1.54) is 7.11 Å². The van der Waals surface area contributed by atoms with Gasteiger partial charge in [0.15, 0.2) is 0 Å². The van der Waals surface area contributed by atoms with Gasteiger partial charge in [-0.25, -0.2) is 4.79 Å². The summed E-state index contributed by atoms with van der Waals surface area (Å²) < 4.78 is 4.87. The van der Waals surface area contributed by atoms with Crippen LogP contribution >= 0.6 is 0 Å². The summed E-state index contributed by atoms with van der Waals surface area (Å²) in [5.41, 5.74) is 5.54. The fourth-order valence-electron chi connectivity index (χ4n) is 3.68. The lowest BCUT2D eigenvalue weighted by atomic mass is 9.67. The molecule has 1 amide bonds. The smallest absolute Gasteiger partial charge is 0.328 e. The summed E-state index contributed by atoms with van der Waals surface area (Å²) in [6.45, 7) is 12.2. The highest BCUT2D eigenvalue weighted by molar-refractivity contribution is 5.92. The largest absolute Gasteiger partial charge is 0.481 e. The summed E-state index contributed by atoms with van der Waals surface area (Å²) in [4.78, 5) is 38.3. The molecular formula is C26H42N2O5. The Labute approximate surface area is 198 Å². The summed E-state index contributed by atoms with van der Waals surface area (Å²) in [6.07, 6.45) is 1.93. The first-order valence-electron chi connectivity index (χ1n) is 11.5. The minimum Gasteiger partial charge on any atom is -0.481 e. The van der Waals surface area contributed by atoms with E-state index < -0.39 is 35.3 Å². The van der Waals surface area contributed by atoms with Gasteiger partial charge in [-0.15, -0.1) is 0 Å². The molecule has 0 aromatic heterocycles. The number of nitrogens with two attached hydrogens (primary N) is 1. The van der Waals surface area contributed by atoms with Gasteiger partial charge in [0.25, 0.3) is 0 Å². The van der Waals surface area contributed by atoms with Gasteiger partial charge in [0.1, 0.15) is 12.1 Å². The highest BCUT2D eigenvalue weighted by Gasteiger charge is 2.48. The van der Waals surface area contributed by atoms with E-state index >= 15 is 0 Å². The SMILES string of the molecule is COC(=O)C(Cc1ccccc1)NC(=O)C(N)C(CCC(C)(C)C)(CCC(C)(C)C)C(=O)O. The van der Waals surface area contributed by atoms with E-state index in [1.807, 2.05) is 71.9 Å². The number of ether oxygens (including phenoxy) is 1. The van der Waals surface area contributed by atoms with Gasteiger partial charge in [-0.2, -0.15) is 0 Å². The third-order valence-corrected chi connectivity index (χ3v) is 6.03. The molecule has 1 rings (SSSR count). The zero-order valence-corrected chi connectivity index (χ0v) is 21.2. The van der Waals surface area contributed by atoms with Crippen molar-refractivity contribution in [1.29, 1.82) is 0 Å². The van der Waals surface area contributed by atoms with E-state index in [9.17, 15) is 19.5 Å². The Kier molecular flexibility index (Phi) is 10.1. The monoisotopic (exact) mass is 462 g/mol. The number of esters is 1. The summed E-state index contributed by atoms with van der Waals surface area (Å²) in [7, 11) is 1.25. The van der Waals surface area contributed by atoms with Crippen molar-refractivity contribution < 1.29 is 24.2 Å². The highest BCUT2D eigenvalue weighted by Crippen LogP contribution is 2.40. The maximum Gasteiger partial charge on any atom is 0.328 e. The predicted molar refractivity (Wildman–Crippen MR) is 130 cm³/mol. The van der Waals surface area contributed by atoms with Crippen LogP contribution in [0.15, 0.2) is 30.3 Å². The van der Waals surface area contributed by atoms with E-state index in [-0.39, 0.29) is 30.1 Å². The number of carboxylic acid groups (broad SMARTS) is 1. The van der Waals surface area contributed by atoms with Crippen LogP contribution in [0.4, 0.5) is 0 Å². The molecule has 0 saturated heterocycles. The molecule has 33 heavy (non-hydrogen) atoms. The van der Waals surface area contributed by atoms with Gasteiger partial charge < -0.3 is 20.9 Å². The number of rotatable bonds is 11. The Bertz CT molecular complexity index is 775. The summed E-state index contributed by atoms with van der Waals surface area (Å²) in [6, 6.07) is 6.94. The molecule has 0 heterocycles. The van der Waals surface area contributed by atoms with E-state index in [4.69, 9.17) is 10.5 Å². The number of aliphatic carboxylic acids is 1. The van der Waals surface area contributed by atoms with Crippen molar-refractivity contribution in [2.24, 2.45) is 22.0 Å². The average Bonchev–Trinajstić information content (AvgIpc) is 2.71. The molecule has 0 aliphatic rings. The van der Waals surface area contributed by atoms with Crippen molar-refractivity contribution >= 4 is 17.8 Å². The maximum atomic E-state index is 13.3. The number of benzene rings is 1. The predicted octanol–water partition coefficient (Wildman–Crippen LogP) is 3.94. The van der Waals surface area contributed by atoms with Crippen LogP contribution in [0.1, 0.15) is 72.8 Å². The topological polar surface area (TPSA) is 119 Å². The maximum absolute atomic E-state index is 13.3. The molecule has 7 nitrogen and oxygen atoms in total. The molecule has 0 bridgehead atoms. The molecule has 0 aliphatic carbocycles. The lowest BCUT2D eigenvalue weighted by molar-refractivity contribution is -0.156. The zero-order valence-electron chi connectivity index (χ0n) is 21.2. The number of hydrogen-bond acceptors (Lipinski definition) is 5. The number of methoxy groups -OCH3 is 1. The Morgan fingerprint density at radius 3 is 1.82 bits per heavy atom. The number of carboxylic acids is 1. The Morgan fingerprint density at radius 2 is 1.42 bits per heavy atom. The number of hydrogen-bond donors (Lipinski definition) is 3. The van der Waals surface area contributed by atoms with Crippen molar-refractivity contribution in [2.75, 3.05) is 7.11 Å². The molecular weight excluding hydrogens is 420 g/mol. The van der Waals surface area contributed by atoms with Crippen molar-refractivity contribution in [2.45, 2.75) is 85.7 Å². The second-order valence-electron chi connectivity index (χ2n) is 11.3. The lowest BCUT2D eigenvalue weighted by Crippen LogP contribution is -2.59. The number of nitrogens with one attached hydrogen (secondary N) is 1. The molecule has 4 N–H and O–H groups in total. The van der Waals surface area contributed by atoms with E-state index in [1.54, 1.807) is 0 Å². The first-order chi connectivity index (χ1) is 15.1. The van der Waals surface area contributed by atoms with E-state index in [0.29, 0.717) is 12.8 Å². The lowest BCUT2D eigenvalue weighted by Gasteiger charge is -2.38. The third-order valence-electron chi connectivity index (χ3n) is 6.03. The van der Waals surface area contributed by atoms with Crippen molar-refractivity contribution in [3.63, 3.8) is 0 Å². The Morgan fingerprint density at radius 1 is 0.939 bits per heavy atom. The van der Waals surface area contributed by atoms with Gasteiger partial charge >= 0.3 is 11.9 Å². The van der Waals surface area contributed by atoms with Gasteiger partial charge in [0, 0.05) is 6.42 Å². The fraction of sp³-hybridized carbons (Fsp3) is 0.654. The standard InChI is InChI=1S/C26H42N2O5/c1-24(2,3)13-15-26(23(31)32,16-14-25(4,5)6)20(27)21(29)28-19(22(30)33-7)17-18-11-9-8-10-12-18/h8-12,19-20H,13-17,27H2,1-7H3,(H,28,29)(H,31,32). The van der Waals surface area contributed by atoms with Crippen LogP contribution in [0.3, 0.4) is 0 Å². The third kappa shape index (κ3) is 9.16. The quantitative estimate of drug-likeness (QED) is 0.429. The number of amides is 1. The number of carbonyl (C=O) groups is 3. The molecule has 7 heteroatoms. The van der Waals surface area contributed by atoms with E-state index in [0.717, 1.165) is 5.56 Å². The van der Waals surface area contributed by atoms with Crippen molar-refractivity contribution in [3.05, 3.63) is 35.9 Å². The molecule has 0 aliphatic heterocycles. The molecule has 186 valence electrons. The van der Waals surface area contributed by atoms with Crippen LogP contribution in [-0.4, -0.2) is 42.1 Å². The van der Waals surface area contributed by atoms with Crippen LogP contribution in [0.5, 0.6) is 0 Å². The Hall–Kier alpha value is -2.41. The average molecular weight is 463 g/mol. The first kappa shape index (κ1) is 28.6. The zero-order chi connectivity index (χ0) is 25.4. The minimum absolute atomic E-state index is 0.125. The molecule has 0 spiro atoms. The van der Waals surface area contributed by atoms with Crippen LogP contribution in [0.25, 0.3) is 0 Å². The second-order valence-corrected chi connectivity index (χ2v) is 11.3. The van der Waals surface area contributed by atoms with Gasteiger partial charge in [-0.3, -0.25) is 9.59 Å². The van der Waals surface area contributed by atoms with Gasteiger partial charge in [-0.05, 0) is 42.1 Å². The summed E-state index contributed by atoms with van der Waals surface area (Å²) >= 11 is 0. The van der Waals surface area contributed by atoms with Gasteiger partial charge in [0.2, 0.25) is 5.91 Å². The van der Waals surface area contributed by atoms with Crippen LogP contribution in [0, 0.1) is 16.2 Å². The van der Waals surface area contributed by atoms with Crippen LogP contribution in [-0.2, 0) is 25.5 Å². The Balaban J connectivity index is 3.22. The second kappa shape index (κ2) is 11.6. The highest BCUT2D eigenvalue weighted by atomic mass is 16.5. The van der Waals surface area contributed by atoms with E-state index in [2.05, 4.69) is 5.32 Å². The fourth-order valence-corrected chi connectivity index (χ4v) is 3.68. The minimum atomic E-state index is -1.45. The first-order valence-corrected chi connectivity index (χ1v) is 11.5. The summed E-state index contributed by atoms with van der Waals surface area (Å²) in [5, 5.41) is 13.0. The van der Waals surface area contributed by atoms with Crippen LogP contribution in [0.2, 0.25) is 0 Å². The van der Waals surface area contributed by atoms with Gasteiger partial charge in [0.05, 0.1) is 12.5 Å². The molecule has 1 aromatic rings. The summed E-state index contributed by atoms with van der Waals surface area (Å²) in [5.74, 6) is -2.35. The van der Waals surface area contributed by atoms with Crippen molar-refractivity contribution in [1.82, 2.24) is 5.32 Å². The molecule has 1 aromatic carbocycles. The molecule has 0 radical (unpaired) electrons. The molecule has 0 saturated carbocycles. The normalized spacial score (nSPS) is 14.3. The number of carbonyl (C=O) groups excluding carboxylic acids is 2.